The van der Waals surface area contributed by atoms with E-state index in [4.69, 9.17) is 27.9 Å². The molecule has 26 heavy (non-hydrogen) atoms. The number of aromatic hydroxyl groups is 1. The fraction of sp³-hybridized carbons (Fsp3) is 0.238. The third kappa shape index (κ3) is 3.48. The van der Waals surface area contributed by atoms with Gasteiger partial charge in [-0.3, -0.25) is 0 Å². The number of hydrogen-bond acceptors (Lipinski definition) is 3. The number of ether oxygens (including phenoxy) is 1. The van der Waals surface area contributed by atoms with Crippen molar-refractivity contribution >= 4 is 34.0 Å². The van der Waals surface area contributed by atoms with Crippen LogP contribution in [0.4, 0.5) is 0 Å². The summed E-state index contributed by atoms with van der Waals surface area (Å²) in [5, 5.41) is 16.9. The van der Waals surface area contributed by atoms with Crippen LogP contribution in [0.3, 0.4) is 0 Å². The van der Waals surface area contributed by atoms with Crippen molar-refractivity contribution in [2.45, 2.75) is 18.4 Å². The number of hydrogen-bond donors (Lipinski definition) is 2. The van der Waals surface area contributed by atoms with Gasteiger partial charge in [0.2, 0.25) is 0 Å². The van der Waals surface area contributed by atoms with E-state index in [1.807, 2.05) is 24.3 Å². The molecule has 0 amide bonds. The summed E-state index contributed by atoms with van der Waals surface area (Å²) in [6.45, 7) is 1.62. The zero-order valence-electron chi connectivity index (χ0n) is 14.1. The van der Waals surface area contributed by atoms with Gasteiger partial charge in [0.15, 0.2) is 0 Å². The van der Waals surface area contributed by atoms with Crippen molar-refractivity contribution in [2.24, 2.45) is 0 Å². The van der Waals surface area contributed by atoms with Gasteiger partial charge < -0.3 is 15.2 Å². The van der Waals surface area contributed by atoms with E-state index < -0.39 is 0 Å². The molecule has 2 N–H and O–H groups in total. The van der Waals surface area contributed by atoms with Gasteiger partial charge >= 0.3 is 0 Å². The molecule has 134 valence electrons. The van der Waals surface area contributed by atoms with Crippen LogP contribution in [0.1, 0.15) is 17.9 Å². The number of phenolic OH excluding ortho intramolecular Hbond substituents is 1. The fourth-order valence-electron chi connectivity index (χ4n) is 3.67. The number of rotatable bonds is 3. The third-order valence-electron chi connectivity index (χ3n) is 4.88. The summed E-state index contributed by atoms with van der Waals surface area (Å²) in [6, 6.07) is 17.0. The van der Waals surface area contributed by atoms with E-state index in [-0.39, 0.29) is 17.8 Å². The molecule has 2 unspecified atom stereocenters. The predicted octanol–water partition coefficient (Wildman–Crippen LogP) is 5.38. The van der Waals surface area contributed by atoms with Gasteiger partial charge in [-0.2, -0.15) is 0 Å². The summed E-state index contributed by atoms with van der Waals surface area (Å²) in [4.78, 5) is 0. The quantitative estimate of drug-likeness (QED) is 0.633. The van der Waals surface area contributed by atoms with E-state index in [1.165, 1.54) is 0 Å². The molecule has 2 atom stereocenters. The van der Waals surface area contributed by atoms with E-state index in [0.717, 1.165) is 29.3 Å². The normalized spacial score (nSPS) is 20.2. The van der Waals surface area contributed by atoms with E-state index in [1.54, 1.807) is 24.3 Å². The molecule has 0 bridgehead atoms. The molecule has 3 aromatic rings. The minimum absolute atomic E-state index is 0.0902. The average molecular weight is 388 g/mol. The lowest BCUT2D eigenvalue weighted by molar-refractivity contribution is 0.143. The van der Waals surface area contributed by atoms with E-state index in [0.29, 0.717) is 22.3 Å². The van der Waals surface area contributed by atoms with E-state index in [2.05, 4.69) is 11.4 Å². The van der Waals surface area contributed by atoms with Crippen LogP contribution in [0.25, 0.3) is 10.8 Å². The van der Waals surface area contributed by atoms with Gasteiger partial charge in [0.05, 0.1) is 5.02 Å². The summed E-state index contributed by atoms with van der Waals surface area (Å²) in [7, 11) is 0. The monoisotopic (exact) mass is 387 g/mol. The average Bonchev–Trinajstić information content (AvgIpc) is 2.64. The van der Waals surface area contributed by atoms with E-state index >= 15 is 0 Å². The largest absolute Gasteiger partial charge is 0.508 e. The van der Waals surface area contributed by atoms with Crippen molar-refractivity contribution < 1.29 is 9.84 Å². The lowest BCUT2D eigenvalue weighted by Gasteiger charge is -2.33. The number of piperidine rings is 1. The number of fused-ring (bicyclic) bond motifs is 1. The van der Waals surface area contributed by atoms with Crippen molar-refractivity contribution in [3.63, 3.8) is 0 Å². The maximum atomic E-state index is 10.2. The van der Waals surface area contributed by atoms with Crippen LogP contribution in [-0.4, -0.2) is 24.3 Å². The maximum Gasteiger partial charge on any atom is 0.138 e. The second kappa shape index (κ2) is 7.36. The van der Waals surface area contributed by atoms with Crippen molar-refractivity contribution in [3.8, 4) is 11.5 Å². The van der Waals surface area contributed by atoms with Crippen LogP contribution in [0, 0.1) is 0 Å². The van der Waals surface area contributed by atoms with E-state index in [9.17, 15) is 5.11 Å². The predicted molar refractivity (Wildman–Crippen MR) is 107 cm³/mol. The first-order valence-corrected chi connectivity index (χ1v) is 9.41. The molecule has 1 aliphatic heterocycles. The summed E-state index contributed by atoms with van der Waals surface area (Å²) in [5.74, 6) is 1.06. The molecule has 0 aromatic heterocycles. The lowest BCUT2D eigenvalue weighted by Crippen LogP contribution is -2.42. The highest BCUT2D eigenvalue weighted by molar-refractivity contribution is 6.35. The highest BCUT2D eigenvalue weighted by atomic mass is 35.5. The molecule has 0 aliphatic carbocycles. The molecule has 1 fully saturated rings. The minimum Gasteiger partial charge on any atom is -0.508 e. The Labute approximate surface area is 162 Å². The Kier molecular flexibility index (Phi) is 4.94. The van der Waals surface area contributed by atoms with Crippen LogP contribution in [0.5, 0.6) is 11.5 Å². The van der Waals surface area contributed by atoms with Gasteiger partial charge in [-0.25, -0.2) is 0 Å². The Morgan fingerprint density at radius 1 is 1.04 bits per heavy atom. The Morgan fingerprint density at radius 3 is 2.73 bits per heavy atom. The summed E-state index contributed by atoms with van der Waals surface area (Å²) >= 11 is 12.3. The SMILES string of the molecule is Oc1cc(C2CCNCC2Oc2ccc(Cl)cc2Cl)c2ccccc2c1. The molecule has 0 spiro atoms. The van der Waals surface area contributed by atoms with Crippen LogP contribution < -0.4 is 10.1 Å². The number of benzene rings is 3. The maximum absolute atomic E-state index is 10.2. The van der Waals surface area contributed by atoms with Crippen molar-refractivity contribution in [1.82, 2.24) is 5.32 Å². The molecule has 1 saturated heterocycles. The van der Waals surface area contributed by atoms with Gasteiger partial charge in [0.25, 0.3) is 0 Å². The fourth-order valence-corrected chi connectivity index (χ4v) is 4.13. The minimum atomic E-state index is -0.0902. The first-order chi connectivity index (χ1) is 12.6. The summed E-state index contributed by atoms with van der Waals surface area (Å²) in [6.07, 6.45) is 0.830. The number of phenols is 1. The highest BCUT2D eigenvalue weighted by Gasteiger charge is 2.30. The summed E-state index contributed by atoms with van der Waals surface area (Å²) < 4.78 is 6.26. The van der Waals surface area contributed by atoms with Crippen LogP contribution >= 0.6 is 23.2 Å². The Hall–Kier alpha value is -1.94. The molecule has 5 heteroatoms. The highest BCUT2D eigenvalue weighted by Crippen LogP contribution is 2.37. The second-order valence-electron chi connectivity index (χ2n) is 6.59. The van der Waals surface area contributed by atoms with Gasteiger partial charge in [-0.1, -0.05) is 47.5 Å². The van der Waals surface area contributed by atoms with Crippen molar-refractivity contribution in [3.05, 3.63) is 70.2 Å². The Morgan fingerprint density at radius 2 is 1.88 bits per heavy atom. The Bertz CT molecular complexity index is 944. The molecule has 0 saturated carbocycles. The molecule has 1 heterocycles. The van der Waals surface area contributed by atoms with Gasteiger partial charge in [-0.05, 0) is 59.6 Å². The molecular formula is C21H19Cl2NO2. The molecule has 3 aromatic carbocycles. The zero-order chi connectivity index (χ0) is 18.1. The topological polar surface area (TPSA) is 41.5 Å². The second-order valence-corrected chi connectivity index (χ2v) is 7.43. The van der Waals surface area contributed by atoms with Crippen LogP contribution in [0.15, 0.2) is 54.6 Å². The smallest absolute Gasteiger partial charge is 0.138 e. The van der Waals surface area contributed by atoms with Gasteiger partial charge in [0.1, 0.15) is 17.6 Å². The van der Waals surface area contributed by atoms with Crippen LogP contribution in [-0.2, 0) is 0 Å². The Balaban J connectivity index is 1.72. The van der Waals surface area contributed by atoms with Gasteiger partial charge in [-0.15, -0.1) is 0 Å². The molecular weight excluding hydrogens is 369 g/mol. The van der Waals surface area contributed by atoms with Crippen LogP contribution in [0.2, 0.25) is 10.0 Å². The lowest BCUT2D eigenvalue weighted by atomic mass is 9.84. The summed E-state index contributed by atoms with van der Waals surface area (Å²) in [5.41, 5.74) is 1.11. The third-order valence-corrected chi connectivity index (χ3v) is 5.41. The van der Waals surface area contributed by atoms with Gasteiger partial charge in [0, 0.05) is 17.5 Å². The molecule has 3 nitrogen and oxygen atoms in total. The molecule has 4 rings (SSSR count). The molecule has 1 aliphatic rings. The van der Waals surface area contributed by atoms with Crippen molar-refractivity contribution in [2.75, 3.05) is 13.1 Å². The first-order valence-electron chi connectivity index (χ1n) is 8.66. The van der Waals surface area contributed by atoms with Crippen molar-refractivity contribution in [1.29, 1.82) is 0 Å². The number of halogens is 2. The number of nitrogens with one attached hydrogen (secondary N) is 1. The first kappa shape index (κ1) is 17.5. The standard InChI is InChI=1S/C21H19Cl2NO2/c22-14-5-6-20(19(23)10-14)26-21-12-24-8-7-17(21)18-11-15(25)9-13-3-1-2-4-16(13)18/h1-6,9-11,17,21,24-25H,7-8,12H2. The molecule has 0 radical (unpaired) electrons. The zero-order valence-corrected chi connectivity index (χ0v) is 15.6.